The molecule has 0 aromatic rings. The Hall–Kier alpha value is -1.22. The highest BCUT2D eigenvalue weighted by atomic mass is 16.5. The molecule has 0 aliphatic carbocycles. The number of hydrogen-bond acceptors (Lipinski definition) is 3. The van der Waals surface area contributed by atoms with E-state index in [2.05, 4.69) is 12.0 Å². The molecule has 0 spiro atoms. The van der Waals surface area contributed by atoms with Crippen molar-refractivity contribution >= 4 is 0 Å². The number of hydrogen-bond donors (Lipinski definition) is 1. The van der Waals surface area contributed by atoms with Crippen molar-refractivity contribution in [3.63, 3.8) is 0 Å². The van der Waals surface area contributed by atoms with E-state index in [1.165, 1.54) is 0 Å². The van der Waals surface area contributed by atoms with Gasteiger partial charge in [0.15, 0.2) is 0 Å². The van der Waals surface area contributed by atoms with Gasteiger partial charge in [0.2, 0.25) is 5.88 Å². The number of rotatable bonds is 3. The lowest BCUT2D eigenvalue weighted by Crippen LogP contribution is -2.26. The van der Waals surface area contributed by atoms with Crippen LogP contribution in [0.3, 0.4) is 0 Å². The summed E-state index contributed by atoms with van der Waals surface area (Å²) >= 11 is 0. The van der Waals surface area contributed by atoms with Crippen LogP contribution in [0.2, 0.25) is 0 Å². The van der Waals surface area contributed by atoms with Crippen LogP contribution < -0.4 is 5.43 Å². The minimum absolute atomic E-state index is 0.810. The minimum atomic E-state index is 0.810. The van der Waals surface area contributed by atoms with Crippen LogP contribution in [0.25, 0.3) is 0 Å². The normalized spacial score (nSPS) is 17.2. The second kappa shape index (κ2) is 3.83. The summed E-state index contributed by atoms with van der Waals surface area (Å²) in [4.78, 5) is 0. The zero-order valence-corrected chi connectivity index (χ0v) is 6.58. The van der Waals surface area contributed by atoms with E-state index in [9.17, 15) is 0 Å². The molecule has 0 amide bonds. The molecular formula is C8H12N2O. The first-order valence-corrected chi connectivity index (χ1v) is 3.44. The highest BCUT2D eigenvalue weighted by Gasteiger charge is 2.10. The fraction of sp³-hybridized carbons (Fsp3) is 0.250. The molecule has 1 rings (SSSR count). The number of methoxy groups -OCH3 is 1. The van der Waals surface area contributed by atoms with Crippen molar-refractivity contribution < 1.29 is 4.74 Å². The predicted octanol–water partition coefficient (Wildman–Crippen LogP) is 0.994. The summed E-state index contributed by atoms with van der Waals surface area (Å²) in [5.74, 6) is 0.822. The molecule has 0 radical (unpaired) electrons. The first-order valence-electron chi connectivity index (χ1n) is 3.44. The number of nitrogens with one attached hydrogen (secondary N) is 1. The van der Waals surface area contributed by atoms with Crippen LogP contribution in [0.15, 0.2) is 36.9 Å². The number of ether oxygens (including phenoxy) is 1. The van der Waals surface area contributed by atoms with Gasteiger partial charge in [-0.3, -0.25) is 5.01 Å². The van der Waals surface area contributed by atoms with Crippen LogP contribution in [0.5, 0.6) is 0 Å². The van der Waals surface area contributed by atoms with E-state index in [0.717, 1.165) is 12.4 Å². The van der Waals surface area contributed by atoms with Gasteiger partial charge in [0, 0.05) is 12.7 Å². The summed E-state index contributed by atoms with van der Waals surface area (Å²) in [5, 5.41) is 1.81. The second-order valence-corrected chi connectivity index (χ2v) is 2.06. The Labute approximate surface area is 66.6 Å². The third-order valence-corrected chi connectivity index (χ3v) is 1.36. The van der Waals surface area contributed by atoms with Crippen LogP contribution in [-0.4, -0.2) is 18.7 Å². The molecule has 0 saturated carbocycles. The van der Waals surface area contributed by atoms with Crippen molar-refractivity contribution in [3.05, 3.63) is 36.9 Å². The highest BCUT2D eigenvalue weighted by molar-refractivity contribution is 5.06. The molecule has 0 fully saturated rings. The van der Waals surface area contributed by atoms with Gasteiger partial charge in [-0.05, 0) is 12.2 Å². The SMILES string of the molecule is C=C/C=C/N1NCC=C1OC. The van der Waals surface area contributed by atoms with Crippen molar-refractivity contribution in [3.8, 4) is 0 Å². The standard InChI is InChI=1S/C8H12N2O/c1-3-4-7-10-8(11-2)5-6-9-10/h3-5,7,9H,1,6H2,2H3/b7-4+. The quantitative estimate of drug-likeness (QED) is 0.610. The highest BCUT2D eigenvalue weighted by Crippen LogP contribution is 2.07. The van der Waals surface area contributed by atoms with Gasteiger partial charge in [0.25, 0.3) is 0 Å². The molecule has 0 bridgehead atoms. The fourth-order valence-corrected chi connectivity index (χ4v) is 0.862. The van der Waals surface area contributed by atoms with Crippen LogP contribution in [-0.2, 0) is 4.74 Å². The maximum atomic E-state index is 5.06. The molecule has 3 heteroatoms. The van der Waals surface area contributed by atoms with Crippen LogP contribution in [0, 0.1) is 0 Å². The summed E-state index contributed by atoms with van der Waals surface area (Å²) in [6.07, 6.45) is 7.38. The van der Waals surface area contributed by atoms with Gasteiger partial charge in [-0.25, -0.2) is 5.43 Å². The molecule has 3 nitrogen and oxygen atoms in total. The molecule has 1 N–H and O–H groups in total. The molecule has 1 heterocycles. The zero-order chi connectivity index (χ0) is 8.10. The summed E-state index contributed by atoms with van der Waals surface area (Å²) in [5.41, 5.74) is 3.07. The lowest BCUT2D eigenvalue weighted by Gasteiger charge is -2.15. The Morgan fingerprint density at radius 2 is 2.64 bits per heavy atom. The average molecular weight is 152 g/mol. The number of hydrazine groups is 1. The first kappa shape index (κ1) is 7.88. The van der Waals surface area contributed by atoms with Gasteiger partial charge < -0.3 is 4.74 Å². The van der Waals surface area contributed by atoms with E-state index < -0.39 is 0 Å². The summed E-state index contributed by atoms with van der Waals surface area (Å²) in [7, 11) is 1.65. The summed E-state index contributed by atoms with van der Waals surface area (Å²) in [6.45, 7) is 4.38. The summed E-state index contributed by atoms with van der Waals surface area (Å²) in [6, 6.07) is 0. The third-order valence-electron chi connectivity index (χ3n) is 1.36. The molecular weight excluding hydrogens is 140 g/mol. The molecule has 1 aliphatic rings. The smallest absolute Gasteiger partial charge is 0.205 e. The van der Waals surface area contributed by atoms with Gasteiger partial charge >= 0.3 is 0 Å². The predicted molar refractivity (Wildman–Crippen MR) is 44.3 cm³/mol. The molecule has 1 aliphatic heterocycles. The Morgan fingerprint density at radius 1 is 1.82 bits per heavy atom. The van der Waals surface area contributed by atoms with Crippen molar-refractivity contribution in [2.45, 2.75) is 0 Å². The van der Waals surface area contributed by atoms with Gasteiger partial charge in [-0.15, -0.1) is 0 Å². The van der Waals surface area contributed by atoms with E-state index in [1.54, 1.807) is 13.2 Å². The molecule has 0 atom stereocenters. The van der Waals surface area contributed by atoms with Crippen LogP contribution >= 0.6 is 0 Å². The monoisotopic (exact) mass is 152 g/mol. The molecule has 60 valence electrons. The number of nitrogens with zero attached hydrogens (tertiary/aromatic N) is 1. The summed E-state index contributed by atoms with van der Waals surface area (Å²) < 4.78 is 5.06. The average Bonchev–Trinajstić information content (AvgIpc) is 2.47. The third kappa shape index (κ3) is 1.85. The Kier molecular flexibility index (Phi) is 2.74. The minimum Gasteiger partial charge on any atom is -0.481 e. The zero-order valence-electron chi connectivity index (χ0n) is 6.58. The molecule has 0 saturated heterocycles. The lowest BCUT2D eigenvalue weighted by atomic mass is 10.6. The van der Waals surface area contributed by atoms with Crippen molar-refractivity contribution in [1.82, 2.24) is 10.4 Å². The van der Waals surface area contributed by atoms with Crippen molar-refractivity contribution in [2.75, 3.05) is 13.7 Å². The van der Waals surface area contributed by atoms with E-state index in [0.29, 0.717) is 0 Å². The topological polar surface area (TPSA) is 24.5 Å². The van der Waals surface area contributed by atoms with Gasteiger partial charge in [-0.2, -0.15) is 0 Å². The Balaban J connectivity index is 2.52. The molecule has 0 aromatic carbocycles. The largest absolute Gasteiger partial charge is 0.481 e. The van der Waals surface area contributed by atoms with E-state index in [1.807, 2.05) is 23.4 Å². The Bertz CT molecular complexity index is 196. The lowest BCUT2D eigenvalue weighted by molar-refractivity contribution is 0.175. The number of allylic oxidation sites excluding steroid dienone is 2. The van der Waals surface area contributed by atoms with Gasteiger partial charge in [0.05, 0.1) is 7.11 Å². The van der Waals surface area contributed by atoms with E-state index in [4.69, 9.17) is 4.74 Å². The van der Waals surface area contributed by atoms with E-state index >= 15 is 0 Å². The maximum Gasteiger partial charge on any atom is 0.205 e. The van der Waals surface area contributed by atoms with Crippen LogP contribution in [0.4, 0.5) is 0 Å². The molecule has 0 aromatic heterocycles. The van der Waals surface area contributed by atoms with Crippen molar-refractivity contribution in [1.29, 1.82) is 0 Å². The van der Waals surface area contributed by atoms with E-state index in [-0.39, 0.29) is 0 Å². The maximum absolute atomic E-state index is 5.06. The van der Waals surface area contributed by atoms with Crippen LogP contribution in [0.1, 0.15) is 0 Å². The van der Waals surface area contributed by atoms with Gasteiger partial charge in [-0.1, -0.05) is 12.7 Å². The second-order valence-electron chi connectivity index (χ2n) is 2.06. The molecule has 11 heavy (non-hydrogen) atoms. The van der Waals surface area contributed by atoms with Gasteiger partial charge in [0.1, 0.15) is 0 Å². The van der Waals surface area contributed by atoms with Crippen molar-refractivity contribution in [2.24, 2.45) is 0 Å². The fourth-order valence-electron chi connectivity index (χ4n) is 0.862. The molecule has 0 unspecified atom stereocenters. The first-order chi connectivity index (χ1) is 5.38. The Morgan fingerprint density at radius 3 is 3.27 bits per heavy atom.